The number of rotatable bonds is 5. The molecular formula is C20H19Cl2N3O3. The van der Waals surface area contributed by atoms with Crippen LogP contribution in [0.4, 0.5) is 17.1 Å². The first-order valence-corrected chi connectivity index (χ1v) is 9.68. The van der Waals surface area contributed by atoms with Crippen molar-refractivity contribution in [3.05, 3.63) is 68.2 Å². The van der Waals surface area contributed by atoms with Gasteiger partial charge in [-0.25, -0.2) is 0 Å². The molecule has 0 aliphatic carbocycles. The molecule has 0 unspecified atom stereocenters. The molecule has 0 aromatic heterocycles. The van der Waals surface area contributed by atoms with Crippen LogP contribution >= 0.6 is 23.2 Å². The second-order valence-corrected chi connectivity index (χ2v) is 7.29. The maximum Gasteiger partial charge on any atom is 0.288 e. The monoisotopic (exact) mass is 419 g/mol. The van der Waals surface area contributed by atoms with E-state index in [4.69, 9.17) is 23.2 Å². The molecule has 2 aromatic rings. The highest BCUT2D eigenvalue weighted by molar-refractivity contribution is 6.34. The second kappa shape index (κ2) is 9.08. The van der Waals surface area contributed by atoms with Gasteiger partial charge in [-0.1, -0.05) is 35.3 Å². The number of benzene rings is 2. The lowest BCUT2D eigenvalue weighted by molar-refractivity contribution is -0.384. The van der Waals surface area contributed by atoms with Crippen molar-refractivity contribution in [3.8, 4) is 0 Å². The SMILES string of the molecule is O=C(C=Cc1ccc(Cl)c([N+](=O)[O-])c1)Nc1cccc(Cl)c1N1CCCCC1. The van der Waals surface area contributed by atoms with Gasteiger partial charge in [0.25, 0.3) is 5.69 Å². The first-order chi connectivity index (χ1) is 13.5. The first-order valence-electron chi connectivity index (χ1n) is 8.92. The molecule has 1 amide bonds. The summed E-state index contributed by atoms with van der Waals surface area (Å²) in [6.45, 7) is 1.80. The van der Waals surface area contributed by atoms with Crippen LogP contribution in [0.1, 0.15) is 24.8 Å². The average Bonchev–Trinajstić information content (AvgIpc) is 2.68. The Morgan fingerprint density at radius 3 is 2.57 bits per heavy atom. The minimum atomic E-state index is -0.559. The number of nitro groups is 1. The van der Waals surface area contributed by atoms with E-state index in [0.29, 0.717) is 16.3 Å². The summed E-state index contributed by atoms with van der Waals surface area (Å²) in [7, 11) is 0. The van der Waals surface area contributed by atoms with Crippen molar-refractivity contribution in [2.45, 2.75) is 19.3 Å². The summed E-state index contributed by atoms with van der Waals surface area (Å²) in [5, 5.41) is 14.5. The van der Waals surface area contributed by atoms with E-state index in [-0.39, 0.29) is 16.6 Å². The number of carbonyl (C=O) groups is 1. The number of hydrogen-bond acceptors (Lipinski definition) is 4. The van der Waals surface area contributed by atoms with Crippen LogP contribution in [0.5, 0.6) is 0 Å². The lowest BCUT2D eigenvalue weighted by Gasteiger charge is -2.31. The predicted octanol–water partition coefficient (Wildman–Crippen LogP) is 5.54. The van der Waals surface area contributed by atoms with Gasteiger partial charge >= 0.3 is 0 Å². The molecule has 8 heteroatoms. The number of hydrogen-bond donors (Lipinski definition) is 1. The quantitative estimate of drug-likeness (QED) is 0.391. The van der Waals surface area contributed by atoms with Gasteiger partial charge in [-0.3, -0.25) is 14.9 Å². The smallest absolute Gasteiger partial charge is 0.288 e. The first kappa shape index (κ1) is 20.2. The molecule has 3 rings (SSSR count). The van der Waals surface area contributed by atoms with E-state index in [2.05, 4.69) is 10.2 Å². The molecule has 1 fully saturated rings. The second-order valence-electron chi connectivity index (χ2n) is 6.47. The molecule has 1 aliphatic heterocycles. The highest BCUT2D eigenvalue weighted by atomic mass is 35.5. The number of halogens is 2. The van der Waals surface area contributed by atoms with Gasteiger partial charge in [0.15, 0.2) is 0 Å². The van der Waals surface area contributed by atoms with Crippen LogP contribution in [-0.2, 0) is 4.79 Å². The number of piperidine rings is 1. The third-order valence-electron chi connectivity index (χ3n) is 4.51. The van der Waals surface area contributed by atoms with Crippen molar-refractivity contribution in [2.75, 3.05) is 23.3 Å². The third-order valence-corrected chi connectivity index (χ3v) is 5.14. The van der Waals surface area contributed by atoms with Crippen LogP contribution in [0.2, 0.25) is 10.0 Å². The Morgan fingerprint density at radius 2 is 1.86 bits per heavy atom. The predicted molar refractivity (Wildman–Crippen MR) is 113 cm³/mol. The van der Waals surface area contributed by atoms with Crippen LogP contribution in [0.25, 0.3) is 6.08 Å². The molecule has 1 saturated heterocycles. The number of amides is 1. The van der Waals surface area contributed by atoms with Crippen molar-refractivity contribution in [2.24, 2.45) is 0 Å². The summed E-state index contributed by atoms with van der Waals surface area (Å²) < 4.78 is 0. The summed E-state index contributed by atoms with van der Waals surface area (Å²) >= 11 is 12.2. The fourth-order valence-electron chi connectivity index (χ4n) is 3.17. The number of para-hydroxylation sites is 1. The fraction of sp³-hybridized carbons (Fsp3) is 0.250. The summed E-state index contributed by atoms with van der Waals surface area (Å²) in [5.74, 6) is -0.349. The van der Waals surface area contributed by atoms with Gasteiger partial charge in [-0.05, 0) is 49.1 Å². The molecule has 146 valence electrons. The molecule has 0 saturated carbocycles. The van der Waals surface area contributed by atoms with E-state index < -0.39 is 4.92 Å². The normalized spacial score (nSPS) is 14.3. The van der Waals surface area contributed by atoms with E-state index in [1.807, 2.05) is 12.1 Å². The van der Waals surface area contributed by atoms with Gasteiger partial charge in [-0.2, -0.15) is 0 Å². The largest absolute Gasteiger partial charge is 0.369 e. The van der Waals surface area contributed by atoms with Gasteiger partial charge in [-0.15, -0.1) is 0 Å². The number of nitrogens with one attached hydrogen (secondary N) is 1. The maximum absolute atomic E-state index is 12.4. The molecule has 1 aliphatic rings. The Labute approximate surface area is 172 Å². The number of nitrogens with zero attached hydrogens (tertiary/aromatic N) is 2. The highest BCUT2D eigenvalue weighted by Crippen LogP contribution is 2.35. The zero-order valence-electron chi connectivity index (χ0n) is 15.0. The molecule has 0 atom stereocenters. The van der Waals surface area contributed by atoms with Crippen molar-refractivity contribution in [1.82, 2.24) is 0 Å². The van der Waals surface area contributed by atoms with E-state index in [0.717, 1.165) is 31.6 Å². The van der Waals surface area contributed by atoms with Crippen LogP contribution in [0, 0.1) is 10.1 Å². The van der Waals surface area contributed by atoms with Gasteiger partial charge in [0.2, 0.25) is 5.91 Å². The van der Waals surface area contributed by atoms with Crippen molar-refractivity contribution >= 4 is 52.2 Å². The number of carbonyl (C=O) groups excluding carboxylic acids is 1. The Morgan fingerprint density at radius 1 is 1.11 bits per heavy atom. The van der Waals surface area contributed by atoms with Crippen LogP contribution in [0.15, 0.2) is 42.5 Å². The molecule has 2 aromatic carbocycles. The molecule has 0 radical (unpaired) electrons. The minimum absolute atomic E-state index is 0.0525. The van der Waals surface area contributed by atoms with Crippen molar-refractivity contribution < 1.29 is 9.72 Å². The molecule has 6 nitrogen and oxygen atoms in total. The summed E-state index contributed by atoms with van der Waals surface area (Å²) in [6, 6.07) is 9.78. The number of anilines is 2. The van der Waals surface area contributed by atoms with Gasteiger partial charge in [0.1, 0.15) is 5.02 Å². The fourth-order valence-corrected chi connectivity index (χ4v) is 3.66. The topological polar surface area (TPSA) is 75.5 Å². The number of nitro benzene ring substituents is 1. The zero-order chi connectivity index (χ0) is 20.1. The van der Waals surface area contributed by atoms with Gasteiger partial charge in [0, 0.05) is 25.2 Å². The summed E-state index contributed by atoms with van der Waals surface area (Å²) in [6.07, 6.45) is 6.21. The van der Waals surface area contributed by atoms with Gasteiger partial charge in [0.05, 0.1) is 21.3 Å². The minimum Gasteiger partial charge on any atom is -0.369 e. The summed E-state index contributed by atoms with van der Waals surface area (Å²) in [4.78, 5) is 25.0. The lowest BCUT2D eigenvalue weighted by atomic mass is 10.1. The molecule has 28 heavy (non-hydrogen) atoms. The highest BCUT2D eigenvalue weighted by Gasteiger charge is 2.18. The standard InChI is InChI=1S/C20H19Cl2N3O3/c21-15-9-7-14(13-18(15)25(27)28)8-10-19(26)23-17-6-4-5-16(22)20(17)24-11-2-1-3-12-24/h4-10,13H,1-3,11-12H2,(H,23,26). The van der Waals surface area contributed by atoms with E-state index in [1.165, 1.54) is 30.7 Å². The Hall–Kier alpha value is -2.57. The Balaban J connectivity index is 1.77. The molecule has 0 spiro atoms. The van der Waals surface area contributed by atoms with Crippen molar-refractivity contribution in [1.29, 1.82) is 0 Å². The average molecular weight is 420 g/mol. The summed E-state index contributed by atoms with van der Waals surface area (Å²) in [5.41, 5.74) is 1.78. The molecular weight excluding hydrogens is 401 g/mol. The van der Waals surface area contributed by atoms with Gasteiger partial charge < -0.3 is 10.2 Å². The van der Waals surface area contributed by atoms with E-state index in [1.54, 1.807) is 12.1 Å². The van der Waals surface area contributed by atoms with E-state index >= 15 is 0 Å². The molecule has 0 bridgehead atoms. The zero-order valence-corrected chi connectivity index (χ0v) is 16.5. The molecule has 1 heterocycles. The van der Waals surface area contributed by atoms with Crippen LogP contribution in [0.3, 0.4) is 0 Å². The Bertz CT molecular complexity index is 925. The lowest BCUT2D eigenvalue weighted by Crippen LogP contribution is -2.30. The van der Waals surface area contributed by atoms with Crippen molar-refractivity contribution in [3.63, 3.8) is 0 Å². The van der Waals surface area contributed by atoms with Crippen LogP contribution < -0.4 is 10.2 Å². The maximum atomic E-state index is 12.4. The third kappa shape index (κ3) is 4.82. The van der Waals surface area contributed by atoms with Crippen LogP contribution in [-0.4, -0.2) is 23.9 Å². The van der Waals surface area contributed by atoms with E-state index in [9.17, 15) is 14.9 Å². The molecule has 1 N–H and O–H groups in total. The Kier molecular flexibility index (Phi) is 6.54.